The van der Waals surface area contributed by atoms with E-state index < -0.39 is 0 Å². The van der Waals surface area contributed by atoms with Gasteiger partial charge in [0, 0.05) is 11.6 Å². The highest BCUT2D eigenvalue weighted by Crippen LogP contribution is 2.35. The van der Waals surface area contributed by atoms with Crippen molar-refractivity contribution in [3.8, 4) is 0 Å². The molecule has 20 heavy (non-hydrogen) atoms. The molecule has 1 aromatic carbocycles. The molecule has 3 atom stereocenters. The molecule has 1 fully saturated rings. The van der Waals surface area contributed by atoms with Crippen LogP contribution in [0.4, 0.5) is 0 Å². The Hall–Kier alpha value is -0.570. The van der Waals surface area contributed by atoms with Crippen LogP contribution in [0.5, 0.6) is 0 Å². The summed E-state index contributed by atoms with van der Waals surface area (Å²) < 4.78 is 5.98. The molecule has 1 aliphatic heterocycles. The van der Waals surface area contributed by atoms with Crippen LogP contribution in [0.3, 0.4) is 0 Å². The van der Waals surface area contributed by atoms with E-state index in [1.54, 1.807) is 0 Å². The predicted molar refractivity (Wildman–Crippen MR) is 85.5 cm³/mol. The van der Waals surface area contributed by atoms with Gasteiger partial charge in [-0.1, -0.05) is 31.5 Å². The molecule has 0 saturated carbocycles. The average Bonchev–Trinajstić information content (AvgIpc) is 2.82. The van der Waals surface area contributed by atoms with Gasteiger partial charge in [-0.2, -0.15) is 0 Å². The second kappa shape index (κ2) is 6.93. The average molecular weight is 296 g/mol. The van der Waals surface area contributed by atoms with Gasteiger partial charge in [0.05, 0.1) is 12.1 Å². The van der Waals surface area contributed by atoms with E-state index in [0.717, 1.165) is 31.0 Å². The zero-order valence-corrected chi connectivity index (χ0v) is 13.8. The minimum absolute atomic E-state index is 0.194. The number of rotatable bonds is 5. The molecule has 3 heteroatoms. The lowest BCUT2D eigenvalue weighted by Crippen LogP contribution is -2.35. The Morgan fingerprint density at radius 2 is 2.05 bits per heavy atom. The van der Waals surface area contributed by atoms with Gasteiger partial charge in [-0.3, -0.25) is 0 Å². The number of aryl methyl sites for hydroxylation is 2. The zero-order chi connectivity index (χ0) is 14.7. The standard InChI is InChI=1S/C17H26ClNO/c1-5-7-19-16(17-11(2)6-8-20-17)14-9-12(3)13(4)10-15(14)18/h9-11,16-17,19H,5-8H2,1-4H3. The number of halogens is 1. The highest BCUT2D eigenvalue weighted by Gasteiger charge is 2.33. The molecule has 0 spiro atoms. The molecule has 0 amide bonds. The van der Waals surface area contributed by atoms with Crippen LogP contribution in [0.2, 0.25) is 5.02 Å². The van der Waals surface area contributed by atoms with Gasteiger partial charge in [-0.15, -0.1) is 0 Å². The summed E-state index contributed by atoms with van der Waals surface area (Å²) in [6.07, 6.45) is 2.47. The van der Waals surface area contributed by atoms with E-state index in [-0.39, 0.29) is 12.1 Å². The number of hydrogen-bond donors (Lipinski definition) is 1. The Balaban J connectivity index is 2.32. The van der Waals surface area contributed by atoms with Gasteiger partial charge >= 0.3 is 0 Å². The van der Waals surface area contributed by atoms with Crippen LogP contribution in [0, 0.1) is 19.8 Å². The number of nitrogens with one attached hydrogen (secondary N) is 1. The fourth-order valence-electron chi connectivity index (χ4n) is 2.89. The molecule has 2 rings (SSSR count). The molecule has 0 aromatic heterocycles. The molecule has 2 nitrogen and oxygen atoms in total. The van der Waals surface area contributed by atoms with Crippen LogP contribution < -0.4 is 5.32 Å². The van der Waals surface area contributed by atoms with Gasteiger partial charge in [0.1, 0.15) is 0 Å². The third kappa shape index (κ3) is 3.36. The quantitative estimate of drug-likeness (QED) is 0.868. The molecule has 1 aromatic rings. The topological polar surface area (TPSA) is 21.3 Å². The first-order chi connectivity index (χ1) is 9.54. The van der Waals surface area contributed by atoms with Crippen molar-refractivity contribution in [3.05, 3.63) is 33.8 Å². The van der Waals surface area contributed by atoms with Crippen LogP contribution in [-0.2, 0) is 4.74 Å². The van der Waals surface area contributed by atoms with Crippen LogP contribution in [-0.4, -0.2) is 19.3 Å². The Labute approximate surface area is 127 Å². The highest BCUT2D eigenvalue weighted by molar-refractivity contribution is 6.31. The summed E-state index contributed by atoms with van der Waals surface area (Å²) in [7, 11) is 0. The smallest absolute Gasteiger partial charge is 0.0796 e. The fourth-order valence-corrected chi connectivity index (χ4v) is 3.22. The van der Waals surface area contributed by atoms with Gasteiger partial charge in [-0.25, -0.2) is 0 Å². The van der Waals surface area contributed by atoms with E-state index in [1.165, 1.54) is 16.7 Å². The summed E-state index contributed by atoms with van der Waals surface area (Å²) >= 11 is 6.51. The lowest BCUT2D eigenvalue weighted by atomic mass is 9.90. The summed E-state index contributed by atoms with van der Waals surface area (Å²) in [5, 5.41) is 4.49. The molecule has 0 bridgehead atoms. The summed E-state index contributed by atoms with van der Waals surface area (Å²) in [6, 6.07) is 4.49. The Bertz CT molecular complexity index is 461. The van der Waals surface area contributed by atoms with Gasteiger partial charge < -0.3 is 10.1 Å². The summed E-state index contributed by atoms with van der Waals surface area (Å²) in [5.41, 5.74) is 3.72. The normalized spacial score (nSPS) is 24.1. The van der Waals surface area contributed by atoms with Crippen molar-refractivity contribution in [1.29, 1.82) is 0 Å². The fraction of sp³-hybridized carbons (Fsp3) is 0.647. The number of ether oxygens (including phenoxy) is 1. The molecule has 1 saturated heterocycles. The van der Waals surface area contributed by atoms with Gasteiger partial charge in [-0.05, 0) is 61.9 Å². The van der Waals surface area contributed by atoms with Crippen LogP contribution >= 0.6 is 11.6 Å². The molecule has 0 radical (unpaired) electrons. The summed E-state index contributed by atoms with van der Waals surface area (Å²) in [6.45, 7) is 10.6. The Morgan fingerprint density at radius 1 is 1.35 bits per heavy atom. The molecular formula is C17H26ClNO. The number of hydrogen-bond acceptors (Lipinski definition) is 2. The molecule has 112 valence electrons. The monoisotopic (exact) mass is 295 g/mol. The predicted octanol–water partition coefficient (Wildman–Crippen LogP) is 4.42. The first-order valence-corrected chi connectivity index (χ1v) is 8.04. The van der Waals surface area contributed by atoms with Crippen LogP contribution in [0.1, 0.15) is 49.4 Å². The lowest BCUT2D eigenvalue weighted by molar-refractivity contribution is 0.0607. The van der Waals surface area contributed by atoms with Gasteiger partial charge in [0.2, 0.25) is 0 Å². The Morgan fingerprint density at radius 3 is 2.65 bits per heavy atom. The second-order valence-electron chi connectivity index (χ2n) is 5.99. The van der Waals surface area contributed by atoms with E-state index in [0.29, 0.717) is 5.92 Å². The molecule has 1 heterocycles. The zero-order valence-electron chi connectivity index (χ0n) is 13.0. The van der Waals surface area contributed by atoms with Crippen molar-refractivity contribution in [3.63, 3.8) is 0 Å². The first-order valence-electron chi connectivity index (χ1n) is 7.66. The van der Waals surface area contributed by atoms with E-state index in [9.17, 15) is 0 Å². The molecule has 0 aliphatic carbocycles. The van der Waals surface area contributed by atoms with Crippen molar-refractivity contribution < 1.29 is 4.74 Å². The van der Waals surface area contributed by atoms with Crippen molar-refractivity contribution >= 4 is 11.6 Å². The van der Waals surface area contributed by atoms with Gasteiger partial charge in [0.25, 0.3) is 0 Å². The maximum absolute atomic E-state index is 6.51. The lowest BCUT2D eigenvalue weighted by Gasteiger charge is -2.29. The number of benzene rings is 1. The third-order valence-electron chi connectivity index (χ3n) is 4.34. The third-order valence-corrected chi connectivity index (χ3v) is 4.66. The molecule has 1 aliphatic rings. The SMILES string of the molecule is CCCNC(c1cc(C)c(C)cc1Cl)C1OCCC1C. The summed E-state index contributed by atoms with van der Waals surface area (Å²) in [4.78, 5) is 0. The van der Waals surface area contributed by atoms with E-state index >= 15 is 0 Å². The molecular weight excluding hydrogens is 270 g/mol. The van der Waals surface area contributed by atoms with Crippen LogP contribution in [0.15, 0.2) is 12.1 Å². The van der Waals surface area contributed by atoms with Crippen molar-refractivity contribution in [1.82, 2.24) is 5.32 Å². The highest BCUT2D eigenvalue weighted by atomic mass is 35.5. The van der Waals surface area contributed by atoms with Gasteiger partial charge in [0.15, 0.2) is 0 Å². The maximum Gasteiger partial charge on any atom is 0.0796 e. The van der Waals surface area contributed by atoms with E-state index in [4.69, 9.17) is 16.3 Å². The first kappa shape index (κ1) is 15.8. The van der Waals surface area contributed by atoms with Crippen molar-refractivity contribution in [2.24, 2.45) is 5.92 Å². The maximum atomic E-state index is 6.51. The largest absolute Gasteiger partial charge is 0.376 e. The molecule has 1 N–H and O–H groups in total. The minimum atomic E-state index is 0.194. The van der Waals surface area contributed by atoms with E-state index in [1.807, 2.05) is 0 Å². The second-order valence-corrected chi connectivity index (χ2v) is 6.40. The van der Waals surface area contributed by atoms with E-state index in [2.05, 4.69) is 45.1 Å². The van der Waals surface area contributed by atoms with Crippen molar-refractivity contribution in [2.45, 2.75) is 52.7 Å². The van der Waals surface area contributed by atoms with Crippen molar-refractivity contribution in [2.75, 3.05) is 13.2 Å². The van der Waals surface area contributed by atoms with Crippen LogP contribution in [0.25, 0.3) is 0 Å². The minimum Gasteiger partial charge on any atom is -0.376 e. The molecule has 3 unspecified atom stereocenters. The summed E-state index contributed by atoms with van der Waals surface area (Å²) in [5.74, 6) is 0.571. The Kier molecular flexibility index (Phi) is 5.48.